The summed E-state index contributed by atoms with van der Waals surface area (Å²) in [4.78, 5) is 70.0. The molecule has 0 saturated carbocycles. The third kappa shape index (κ3) is 19.1. The number of benzene rings is 2. The molecule has 15 nitrogen and oxygen atoms in total. The van der Waals surface area contributed by atoms with Gasteiger partial charge in [0.25, 0.3) is 0 Å². The van der Waals surface area contributed by atoms with Gasteiger partial charge in [-0.25, -0.2) is 4.98 Å². The molecule has 0 bridgehead atoms. The first-order chi connectivity index (χ1) is 30.7. The highest BCUT2D eigenvalue weighted by Gasteiger charge is 2.31. The van der Waals surface area contributed by atoms with Crippen LogP contribution in [-0.2, 0) is 38.4 Å². The molecule has 0 unspecified atom stereocenters. The molecule has 0 spiro atoms. The van der Waals surface area contributed by atoms with Crippen LogP contribution < -0.4 is 32.7 Å². The van der Waals surface area contributed by atoms with Crippen LogP contribution in [-0.4, -0.2) is 87.0 Å². The average Bonchev–Trinajstić information content (AvgIpc) is 3.96. The molecule has 4 rings (SSSR count). The SMILES string of the molecule is CCCCCCCCCCCCCCCC(=O)N[C@@H](Cc1cnc[nH]1)C(=O)N[C@H](Cc1ccccc1)C(=O)N[C@@H](CCCN=C(N)N)C(=O)N[C@@H](CO)Cc1c[nH]c2ccccc12. The first kappa shape index (κ1) is 50.0. The number of fused-ring (bicyclic) bond motifs is 1. The van der Waals surface area contributed by atoms with Gasteiger partial charge < -0.3 is 47.8 Å². The number of guanidine groups is 1. The van der Waals surface area contributed by atoms with Gasteiger partial charge in [-0.15, -0.1) is 0 Å². The topological polar surface area (TPSA) is 245 Å². The highest BCUT2D eigenvalue weighted by molar-refractivity contribution is 5.94. The highest BCUT2D eigenvalue weighted by atomic mass is 16.3. The molecule has 2 aromatic heterocycles. The van der Waals surface area contributed by atoms with E-state index in [2.05, 4.69) is 48.1 Å². The number of aromatic amines is 2. The minimum atomic E-state index is -1.12. The van der Waals surface area contributed by atoms with Crippen LogP contribution >= 0.6 is 0 Å². The monoisotopic (exact) mass is 869 g/mol. The number of imidazole rings is 1. The van der Waals surface area contributed by atoms with Crippen molar-refractivity contribution in [3.63, 3.8) is 0 Å². The lowest BCUT2D eigenvalue weighted by atomic mass is 10.0. The van der Waals surface area contributed by atoms with Crippen molar-refractivity contribution < 1.29 is 24.3 Å². The summed E-state index contributed by atoms with van der Waals surface area (Å²) in [5, 5.41) is 22.9. The Morgan fingerprint density at radius 1 is 0.683 bits per heavy atom. The number of rotatable bonds is 32. The molecule has 63 heavy (non-hydrogen) atoms. The smallest absolute Gasteiger partial charge is 0.243 e. The Morgan fingerprint density at radius 2 is 1.29 bits per heavy atom. The fraction of sp³-hybridized carbons (Fsp3) is 0.542. The third-order valence-corrected chi connectivity index (χ3v) is 11.3. The number of aromatic nitrogens is 3. The zero-order chi connectivity index (χ0) is 45.1. The standard InChI is InChI=1S/C48H72N10O5/c1-2-3-4-5-6-7-8-9-10-11-12-13-17-26-44(60)56-43(30-37-32-51-34-54-37)47(63)58-42(28-35-21-15-14-16-22-35)46(62)57-41(25-20-27-52-48(49)50)45(61)55-38(33-59)29-36-31-53-40-24-19-18-23-39(36)40/h14-16,18-19,21-24,31-32,34,38,41-43,53,59H,2-13,17,20,25-30,33H2,1H3,(H,51,54)(H,55,61)(H,56,60)(H,57,62)(H,58,63)(H4,49,50,52)/t38-,41+,42-,43+/m1/s1. The predicted molar refractivity (Wildman–Crippen MR) is 249 cm³/mol. The number of amides is 4. The zero-order valence-corrected chi connectivity index (χ0v) is 37.2. The number of nitrogens with two attached hydrogens (primary N) is 2. The molecule has 0 aliphatic rings. The average molecular weight is 869 g/mol. The summed E-state index contributed by atoms with van der Waals surface area (Å²) in [5.74, 6) is -1.98. The number of H-pyrrole nitrogens is 2. The van der Waals surface area contributed by atoms with E-state index in [1.54, 1.807) is 6.20 Å². The van der Waals surface area contributed by atoms with Crippen molar-refractivity contribution in [1.29, 1.82) is 0 Å². The summed E-state index contributed by atoms with van der Waals surface area (Å²) >= 11 is 0. The Labute approximate surface area is 372 Å². The molecule has 0 fully saturated rings. The number of aliphatic imine (C=N–C) groups is 1. The number of para-hydroxylation sites is 1. The number of unbranched alkanes of at least 4 members (excludes halogenated alkanes) is 12. The highest BCUT2D eigenvalue weighted by Crippen LogP contribution is 2.19. The molecule has 0 aliphatic heterocycles. The molecule has 4 atom stereocenters. The predicted octanol–water partition coefficient (Wildman–Crippen LogP) is 5.39. The second-order valence-electron chi connectivity index (χ2n) is 16.6. The van der Waals surface area contributed by atoms with E-state index in [-0.39, 0.29) is 50.7 Å². The summed E-state index contributed by atoms with van der Waals surface area (Å²) in [6.45, 7) is 2.13. The van der Waals surface area contributed by atoms with Crippen LogP contribution in [0.15, 0.2) is 78.3 Å². The van der Waals surface area contributed by atoms with E-state index in [1.165, 1.54) is 64.1 Å². The van der Waals surface area contributed by atoms with E-state index in [4.69, 9.17) is 11.5 Å². The molecule has 11 N–H and O–H groups in total. The summed E-state index contributed by atoms with van der Waals surface area (Å²) < 4.78 is 0. The van der Waals surface area contributed by atoms with E-state index in [9.17, 15) is 24.3 Å². The first-order valence-electron chi connectivity index (χ1n) is 23.1. The molecule has 0 saturated heterocycles. The molecule has 4 amide bonds. The van der Waals surface area contributed by atoms with Gasteiger partial charge in [0, 0.05) is 54.8 Å². The summed E-state index contributed by atoms with van der Waals surface area (Å²) in [6.07, 6.45) is 21.9. The van der Waals surface area contributed by atoms with Crippen molar-refractivity contribution in [3.05, 3.63) is 90.1 Å². The van der Waals surface area contributed by atoms with Crippen molar-refractivity contribution in [2.24, 2.45) is 16.5 Å². The fourth-order valence-corrected chi connectivity index (χ4v) is 7.80. The minimum Gasteiger partial charge on any atom is -0.394 e. The van der Waals surface area contributed by atoms with Crippen LogP contribution in [0.2, 0.25) is 0 Å². The van der Waals surface area contributed by atoms with E-state index in [0.717, 1.165) is 41.3 Å². The van der Waals surface area contributed by atoms with Gasteiger partial charge in [0.1, 0.15) is 18.1 Å². The van der Waals surface area contributed by atoms with Crippen LogP contribution in [0, 0.1) is 0 Å². The molecule has 15 heteroatoms. The third-order valence-electron chi connectivity index (χ3n) is 11.3. The number of hydrogen-bond donors (Lipinski definition) is 9. The van der Waals surface area contributed by atoms with E-state index >= 15 is 0 Å². The van der Waals surface area contributed by atoms with Gasteiger partial charge in [-0.3, -0.25) is 24.2 Å². The first-order valence-corrected chi connectivity index (χ1v) is 23.1. The summed E-state index contributed by atoms with van der Waals surface area (Å²) in [6, 6.07) is 13.2. The number of hydrogen-bond acceptors (Lipinski definition) is 7. The molecule has 0 aliphatic carbocycles. The van der Waals surface area contributed by atoms with E-state index < -0.39 is 41.9 Å². The summed E-state index contributed by atoms with van der Waals surface area (Å²) in [5.41, 5.74) is 14.4. The lowest BCUT2D eigenvalue weighted by Gasteiger charge is -2.26. The van der Waals surface area contributed by atoms with E-state index in [0.29, 0.717) is 25.0 Å². The molecule has 2 aromatic carbocycles. The molecular formula is C48H72N10O5. The number of carbonyl (C=O) groups excluding carboxylic acids is 4. The molecular weight excluding hydrogens is 797 g/mol. The lowest BCUT2D eigenvalue weighted by Crippen LogP contribution is -2.58. The van der Waals surface area contributed by atoms with Crippen molar-refractivity contribution in [2.75, 3.05) is 13.2 Å². The Morgan fingerprint density at radius 3 is 1.92 bits per heavy atom. The van der Waals surface area contributed by atoms with Gasteiger partial charge in [-0.1, -0.05) is 133 Å². The second kappa shape index (κ2) is 28.8. The van der Waals surface area contributed by atoms with Crippen LogP contribution in [0.4, 0.5) is 0 Å². The Bertz CT molecular complexity index is 1950. The Hall–Kier alpha value is -5.70. The van der Waals surface area contributed by atoms with Gasteiger partial charge in [0.05, 0.1) is 19.0 Å². The fourth-order valence-electron chi connectivity index (χ4n) is 7.80. The number of aliphatic hydroxyl groups is 1. The molecule has 344 valence electrons. The van der Waals surface area contributed by atoms with Gasteiger partial charge in [0.2, 0.25) is 23.6 Å². The number of nitrogens with one attached hydrogen (secondary N) is 6. The van der Waals surface area contributed by atoms with Gasteiger partial charge in [0.15, 0.2) is 5.96 Å². The summed E-state index contributed by atoms with van der Waals surface area (Å²) in [7, 11) is 0. The minimum absolute atomic E-state index is 0.0918. The van der Waals surface area contributed by atoms with Crippen molar-refractivity contribution in [2.45, 2.75) is 153 Å². The van der Waals surface area contributed by atoms with Crippen molar-refractivity contribution in [1.82, 2.24) is 36.2 Å². The van der Waals surface area contributed by atoms with Crippen LogP contribution in [0.5, 0.6) is 0 Å². The maximum atomic E-state index is 14.3. The van der Waals surface area contributed by atoms with Crippen LogP contribution in [0.3, 0.4) is 0 Å². The lowest BCUT2D eigenvalue weighted by molar-refractivity contribution is -0.134. The Kier molecular flexibility index (Phi) is 22.8. The largest absolute Gasteiger partial charge is 0.394 e. The molecule has 4 aromatic rings. The van der Waals surface area contributed by atoms with Crippen molar-refractivity contribution >= 4 is 40.5 Å². The number of aliphatic hydroxyl groups excluding tert-OH is 1. The number of carbonyl (C=O) groups is 4. The van der Waals surface area contributed by atoms with Crippen LogP contribution in [0.1, 0.15) is 126 Å². The second-order valence-corrected chi connectivity index (χ2v) is 16.6. The number of nitrogens with zero attached hydrogens (tertiary/aromatic N) is 2. The van der Waals surface area contributed by atoms with E-state index in [1.807, 2.05) is 60.8 Å². The van der Waals surface area contributed by atoms with Gasteiger partial charge >= 0.3 is 0 Å². The van der Waals surface area contributed by atoms with Gasteiger partial charge in [-0.05, 0) is 42.9 Å². The zero-order valence-electron chi connectivity index (χ0n) is 37.2. The van der Waals surface area contributed by atoms with Gasteiger partial charge in [-0.2, -0.15) is 0 Å². The maximum absolute atomic E-state index is 14.3. The van der Waals surface area contributed by atoms with Crippen molar-refractivity contribution in [3.8, 4) is 0 Å². The normalized spacial score (nSPS) is 13.1. The molecule has 2 heterocycles. The quantitative estimate of drug-likeness (QED) is 0.0175. The Balaban J connectivity index is 1.39. The maximum Gasteiger partial charge on any atom is 0.243 e. The molecule has 0 radical (unpaired) electrons. The van der Waals surface area contributed by atoms with Crippen LogP contribution in [0.25, 0.3) is 10.9 Å².